The van der Waals surface area contributed by atoms with Crippen molar-refractivity contribution in [1.82, 2.24) is 4.98 Å². The highest BCUT2D eigenvalue weighted by Crippen LogP contribution is 2.25. The normalized spacial score (nSPS) is 18.9. The molecule has 3 N–H and O–H groups in total. The Labute approximate surface area is 158 Å². The largest absolute Gasteiger partial charge is 0.481 e. The van der Waals surface area contributed by atoms with Crippen LogP contribution in [0.5, 0.6) is 0 Å². The molecule has 142 valence electrons. The van der Waals surface area contributed by atoms with Crippen molar-refractivity contribution in [3.8, 4) is 11.5 Å². The van der Waals surface area contributed by atoms with E-state index in [0.717, 1.165) is 42.0 Å². The lowest BCUT2D eigenvalue weighted by molar-refractivity contribution is -0.134. The number of aliphatic carboxylic acids is 1. The minimum absolute atomic E-state index is 0.189. The molecule has 2 unspecified atom stereocenters. The number of rotatable bonds is 4. The van der Waals surface area contributed by atoms with Crippen LogP contribution in [0.1, 0.15) is 31.7 Å². The molecule has 0 saturated heterocycles. The molecule has 0 aliphatic heterocycles. The molecule has 1 heterocycles. The van der Waals surface area contributed by atoms with Gasteiger partial charge in [-0.2, -0.15) is 0 Å². The number of carboxylic acid groups (broad SMARTS) is 1. The van der Waals surface area contributed by atoms with Gasteiger partial charge in [-0.25, -0.2) is 4.98 Å². The van der Waals surface area contributed by atoms with Crippen LogP contribution in [0.2, 0.25) is 0 Å². The summed E-state index contributed by atoms with van der Waals surface area (Å²) in [5, 5.41) is 7.42. The van der Waals surface area contributed by atoms with Gasteiger partial charge in [0.05, 0.1) is 12.7 Å². The van der Waals surface area contributed by atoms with E-state index in [-0.39, 0.29) is 12.1 Å². The molecule has 0 bridgehead atoms. The average Bonchev–Trinajstić information content (AvgIpc) is 3.26. The van der Waals surface area contributed by atoms with Gasteiger partial charge >= 0.3 is 0 Å². The molecular weight excluding hydrogens is 344 g/mol. The van der Waals surface area contributed by atoms with Gasteiger partial charge in [0.15, 0.2) is 5.58 Å². The second-order valence-electron chi connectivity index (χ2n) is 6.65. The van der Waals surface area contributed by atoms with E-state index in [1.807, 2.05) is 36.4 Å². The van der Waals surface area contributed by atoms with E-state index in [9.17, 15) is 0 Å². The number of hydrogen-bond donors (Lipinski definition) is 2. The predicted molar refractivity (Wildman–Crippen MR) is 103 cm³/mol. The van der Waals surface area contributed by atoms with Gasteiger partial charge in [-0.1, -0.05) is 24.3 Å². The van der Waals surface area contributed by atoms with Crippen LogP contribution >= 0.6 is 0 Å². The lowest BCUT2D eigenvalue weighted by atomic mass is 10.1. The zero-order valence-corrected chi connectivity index (χ0v) is 15.3. The molecule has 6 nitrogen and oxygen atoms in total. The van der Waals surface area contributed by atoms with Gasteiger partial charge in [-0.15, -0.1) is 0 Å². The van der Waals surface area contributed by atoms with Crippen molar-refractivity contribution in [2.75, 3.05) is 0 Å². The molecule has 2 aromatic carbocycles. The minimum Gasteiger partial charge on any atom is -0.481 e. The highest BCUT2D eigenvalue weighted by atomic mass is 16.5. The Morgan fingerprint density at radius 2 is 1.93 bits per heavy atom. The first-order valence-electron chi connectivity index (χ1n) is 9.04. The third-order valence-corrected chi connectivity index (χ3v) is 4.46. The van der Waals surface area contributed by atoms with Gasteiger partial charge in [0.1, 0.15) is 5.52 Å². The predicted octanol–water partition coefficient (Wildman–Crippen LogP) is 3.98. The van der Waals surface area contributed by atoms with Crippen molar-refractivity contribution in [3.05, 3.63) is 54.1 Å². The maximum absolute atomic E-state index is 9.00. The monoisotopic (exact) mass is 368 g/mol. The summed E-state index contributed by atoms with van der Waals surface area (Å²) in [6.07, 6.45) is 3.51. The molecule has 3 aromatic rings. The van der Waals surface area contributed by atoms with Crippen molar-refractivity contribution in [1.29, 1.82) is 0 Å². The smallest absolute Gasteiger partial charge is 0.300 e. The molecule has 6 heteroatoms. The molecule has 4 rings (SSSR count). The number of fused-ring (bicyclic) bond motifs is 1. The van der Waals surface area contributed by atoms with E-state index >= 15 is 0 Å². The second kappa shape index (κ2) is 8.79. The summed E-state index contributed by atoms with van der Waals surface area (Å²) in [4.78, 5) is 13.5. The third-order valence-electron chi connectivity index (χ3n) is 4.46. The fraction of sp³-hybridized carbons (Fsp3) is 0.333. The van der Waals surface area contributed by atoms with Crippen LogP contribution < -0.4 is 5.73 Å². The first-order valence-corrected chi connectivity index (χ1v) is 9.04. The van der Waals surface area contributed by atoms with Crippen LogP contribution in [-0.2, 0) is 16.1 Å². The number of benzene rings is 2. The summed E-state index contributed by atoms with van der Waals surface area (Å²) >= 11 is 0. The number of carboxylic acids is 1. The van der Waals surface area contributed by atoms with Crippen molar-refractivity contribution in [2.24, 2.45) is 5.73 Å². The molecule has 27 heavy (non-hydrogen) atoms. The van der Waals surface area contributed by atoms with Crippen LogP contribution in [0.3, 0.4) is 0 Å². The number of oxazole rings is 1. The van der Waals surface area contributed by atoms with Gasteiger partial charge in [-0.3, -0.25) is 4.79 Å². The molecule has 1 aliphatic rings. The standard InChI is InChI=1S/C19H20N2O2.C2H4O2/c20-15-4-3-7-17(15)22-12-13-8-10-14(11-9-13)19-21-16-5-1-2-6-18(16)23-19;1-2(3)4/h1-2,5-6,8-11,15,17H,3-4,7,12,20H2;1H3,(H,3,4). The Kier molecular flexibility index (Phi) is 6.21. The van der Waals surface area contributed by atoms with E-state index in [1.165, 1.54) is 6.42 Å². The van der Waals surface area contributed by atoms with Crippen LogP contribution in [0, 0.1) is 0 Å². The van der Waals surface area contributed by atoms with Crippen LogP contribution in [0.15, 0.2) is 52.9 Å². The molecule has 0 radical (unpaired) electrons. The second-order valence-corrected chi connectivity index (χ2v) is 6.65. The summed E-state index contributed by atoms with van der Waals surface area (Å²) in [7, 11) is 0. The Bertz CT molecular complexity index is 852. The van der Waals surface area contributed by atoms with E-state index in [4.69, 9.17) is 24.8 Å². The molecule has 2 atom stereocenters. The summed E-state index contributed by atoms with van der Waals surface area (Å²) in [5.74, 6) is -0.184. The highest BCUT2D eigenvalue weighted by Gasteiger charge is 2.24. The number of nitrogens with zero attached hydrogens (tertiary/aromatic N) is 1. The zero-order chi connectivity index (χ0) is 19.2. The molecular formula is C21H24N2O4. The van der Waals surface area contributed by atoms with Crippen LogP contribution in [0.4, 0.5) is 0 Å². The molecule has 1 aromatic heterocycles. The first-order chi connectivity index (χ1) is 13.0. The summed E-state index contributed by atoms with van der Waals surface area (Å²) in [6.45, 7) is 1.69. The van der Waals surface area contributed by atoms with Crippen molar-refractivity contribution >= 4 is 17.1 Å². The van der Waals surface area contributed by atoms with E-state index in [2.05, 4.69) is 17.1 Å². The Morgan fingerprint density at radius 3 is 2.56 bits per heavy atom. The molecule has 0 amide bonds. The van der Waals surface area contributed by atoms with E-state index < -0.39 is 5.97 Å². The highest BCUT2D eigenvalue weighted by molar-refractivity contribution is 5.75. The van der Waals surface area contributed by atoms with E-state index in [1.54, 1.807) is 0 Å². The van der Waals surface area contributed by atoms with Crippen molar-refractivity contribution < 1.29 is 19.1 Å². The number of carbonyl (C=O) groups is 1. The maximum atomic E-state index is 9.00. The number of aromatic nitrogens is 1. The summed E-state index contributed by atoms with van der Waals surface area (Å²) < 4.78 is 11.7. The molecule has 1 fully saturated rings. The van der Waals surface area contributed by atoms with Gasteiger partial charge in [-0.05, 0) is 49.1 Å². The number of para-hydroxylation sites is 2. The third kappa shape index (κ3) is 5.15. The fourth-order valence-electron chi connectivity index (χ4n) is 3.10. The Hall–Kier alpha value is -2.70. The topological polar surface area (TPSA) is 98.6 Å². The molecule has 0 spiro atoms. The lowest BCUT2D eigenvalue weighted by Crippen LogP contribution is -2.31. The average molecular weight is 368 g/mol. The summed E-state index contributed by atoms with van der Waals surface area (Å²) in [6, 6.07) is 16.2. The lowest BCUT2D eigenvalue weighted by Gasteiger charge is -2.16. The number of nitrogens with two attached hydrogens (primary N) is 1. The number of hydrogen-bond acceptors (Lipinski definition) is 5. The quantitative estimate of drug-likeness (QED) is 0.723. The Morgan fingerprint density at radius 1 is 1.22 bits per heavy atom. The molecule has 1 aliphatic carbocycles. The van der Waals surface area contributed by atoms with Crippen molar-refractivity contribution in [3.63, 3.8) is 0 Å². The fourth-order valence-corrected chi connectivity index (χ4v) is 3.10. The Balaban J connectivity index is 0.000000481. The maximum Gasteiger partial charge on any atom is 0.300 e. The minimum atomic E-state index is -0.833. The zero-order valence-electron chi connectivity index (χ0n) is 15.3. The number of ether oxygens (including phenoxy) is 1. The SMILES string of the molecule is CC(=O)O.NC1CCCC1OCc1ccc(-c2nc3ccccc3o2)cc1. The first kappa shape index (κ1) is 19.1. The van der Waals surface area contributed by atoms with Gasteiger partial charge in [0.25, 0.3) is 5.97 Å². The van der Waals surface area contributed by atoms with Gasteiger partial charge in [0, 0.05) is 18.5 Å². The summed E-state index contributed by atoms with van der Waals surface area (Å²) in [5.41, 5.74) is 9.84. The van der Waals surface area contributed by atoms with Crippen molar-refractivity contribution in [2.45, 2.75) is 44.9 Å². The molecule has 1 saturated carbocycles. The van der Waals surface area contributed by atoms with Gasteiger partial charge < -0.3 is 20.0 Å². The van der Waals surface area contributed by atoms with Gasteiger partial charge in [0.2, 0.25) is 5.89 Å². The van der Waals surface area contributed by atoms with Crippen LogP contribution in [0.25, 0.3) is 22.6 Å². The van der Waals surface area contributed by atoms with E-state index in [0.29, 0.717) is 12.5 Å². The van der Waals surface area contributed by atoms with Crippen LogP contribution in [-0.4, -0.2) is 28.2 Å².